The van der Waals surface area contributed by atoms with Crippen molar-refractivity contribution in [3.05, 3.63) is 22.7 Å². The summed E-state index contributed by atoms with van der Waals surface area (Å²) in [6.45, 7) is 3.09. The molecule has 0 bridgehead atoms. The van der Waals surface area contributed by atoms with Crippen molar-refractivity contribution in [2.45, 2.75) is 36.9 Å². The molecule has 26 heavy (non-hydrogen) atoms. The second kappa shape index (κ2) is 6.93. The number of aromatic nitrogens is 5. The number of aliphatic carboxylic acids is 1. The third-order valence-electron chi connectivity index (χ3n) is 4.35. The summed E-state index contributed by atoms with van der Waals surface area (Å²) in [7, 11) is 0. The number of aliphatic hydroxyl groups is 1. The van der Waals surface area contributed by atoms with Crippen molar-refractivity contribution in [3.8, 4) is 0 Å². The number of carbonyl (C=O) groups is 2. The van der Waals surface area contributed by atoms with Crippen LogP contribution in [0.4, 0.5) is 0 Å². The monoisotopic (exact) mass is 400 g/mol. The van der Waals surface area contributed by atoms with Crippen LogP contribution in [0.3, 0.4) is 0 Å². The van der Waals surface area contributed by atoms with Gasteiger partial charge in [0.1, 0.15) is 5.03 Å². The van der Waals surface area contributed by atoms with Gasteiger partial charge < -0.3 is 19.9 Å². The van der Waals surface area contributed by atoms with Gasteiger partial charge in [-0.3, -0.25) is 4.79 Å². The smallest absolute Gasteiger partial charge is 0.543 e. The van der Waals surface area contributed by atoms with Gasteiger partial charge in [0.05, 0.1) is 29.2 Å². The number of thioether (sulfide) groups is 1. The van der Waals surface area contributed by atoms with Crippen LogP contribution in [-0.4, -0.2) is 58.8 Å². The van der Waals surface area contributed by atoms with Crippen molar-refractivity contribution in [2.24, 2.45) is 5.92 Å². The van der Waals surface area contributed by atoms with Crippen molar-refractivity contribution in [2.75, 3.05) is 0 Å². The number of fused-ring (bicyclic) bond motifs is 2. The number of tetrazole rings is 1. The number of hydrogen-bond donors (Lipinski definition) is 1. The molecule has 1 fully saturated rings. The van der Waals surface area contributed by atoms with Gasteiger partial charge in [-0.05, 0) is 36.4 Å². The normalized spacial score (nSPS) is 22.3. The average Bonchev–Trinajstić information content (AvgIpc) is 3.08. The minimum atomic E-state index is -1.42. The molecule has 0 aromatic carbocycles. The minimum Gasteiger partial charge on any atom is -0.543 e. The van der Waals surface area contributed by atoms with Gasteiger partial charge in [-0.25, -0.2) is 0 Å². The molecular formula is C14H13KN6O4S. The molecule has 1 N–H and O–H groups in total. The quantitative estimate of drug-likeness (QED) is 0.398. The summed E-state index contributed by atoms with van der Waals surface area (Å²) in [4.78, 5) is 25.6. The van der Waals surface area contributed by atoms with E-state index < -0.39 is 23.4 Å². The Hall–Kier alpha value is -0.894. The minimum absolute atomic E-state index is 0. The average molecular weight is 400 g/mol. The number of carboxylic acids is 1. The fourth-order valence-corrected chi connectivity index (χ4v) is 4.38. The second-order valence-electron chi connectivity index (χ2n) is 6.47. The number of hydrogen-bond acceptors (Lipinski definition) is 9. The Morgan fingerprint density at radius 2 is 2.15 bits per heavy atom. The van der Waals surface area contributed by atoms with E-state index in [0.717, 1.165) is 11.8 Å². The molecule has 2 aromatic heterocycles. The Balaban J connectivity index is 0.00000196. The van der Waals surface area contributed by atoms with E-state index in [4.69, 9.17) is 0 Å². The third kappa shape index (κ3) is 3.13. The third-order valence-corrected chi connectivity index (χ3v) is 5.38. The predicted molar refractivity (Wildman–Crippen MR) is 81.5 cm³/mol. The van der Waals surface area contributed by atoms with Gasteiger partial charge in [0.15, 0.2) is 5.65 Å². The SMILES string of the molecule is CC(C)(O)[C@@H]1C(=O)N2C(C(=O)[O-])=C(Sc3ccc4nnnn4n3)C[C@H]12.[K+]. The first-order chi connectivity index (χ1) is 11.8. The van der Waals surface area contributed by atoms with E-state index in [9.17, 15) is 19.8 Å². The molecule has 0 saturated carbocycles. The summed E-state index contributed by atoms with van der Waals surface area (Å²) in [5.41, 5.74) is -0.913. The van der Waals surface area contributed by atoms with Crippen molar-refractivity contribution >= 4 is 29.3 Å². The molecule has 10 nitrogen and oxygen atoms in total. The van der Waals surface area contributed by atoms with Gasteiger partial charge >= 0.3 is 51.4 Å². The van der Waals surface area contributed by atoms with Crippen LogP contribution in [0, 0.1) is 5.92 Å². The maximum Gasteiger partial charge on any atom is 1.00 e. The molecule has 1 amide bonds. The molecule has 0 spiro atoms. The molecule has 0 unspecified atom stereocenters. The maximum absolute atomic E-state index is 12.3. The van der Waals surface area contributed by atoms with Crippen molar-refractivity contribution in [1.29, 1.82) is 0 Å². The fourth-order valence-electron chi connectivity index (χ4n) is 3.34. The van der Waals surface area contributed by atoms with Crippen molar-refractivity contribution in [3.63, 3.8) is 0 Å². The zero-order valence-corrected chi connectivity index (χ0v) is 18.2. The molecule has 4 heterocycles. The van der Waals surface area contributed by atoms with E-state index in [2.05, 4.69) is 20.6 Å². The van der Waals surface area contributed by atoms with E-state index >= 15 is 0 Å². The van der Waals surface area contributed by atoms with Crippen LogP contribution < -0.4 is 56.5 Å². The molecule has 130 valence electrons. The Morgan fingerprint density at radius 3 is 2.81 bits per heavy atom. The first-order valence-electron chi connectivity index (χ1n) is 7.50. The van der Waals surface area contributed by atoms with Gasteiger partial charge in [-0.2, -0.15) is 0 Å². The van der Waals surface area contributed by atoms with Gasteiger partial charge in [-0.15, -0.1) is 14.8 Å². The predicted octanol–water partition coefficient (Wildman–Crippen LogP) is -4.42. The zero-order valence-electron chi connectivity index (χ0n) is 14.3. The fraction of sp³-hybridized carbons (Fsp3) is 0.429. The van der Waals surface area contributed by atoms with Crippen LogP contribution in [0.25, 0.3) is 5.65 Å². The number of rotatable bonds is 4. The Bertz CT molecular complexity index is 939. The zero-order chi connectivity index (χ0) is 17.9. The molecule has 1 saturated heterocycles. The van der Waals surface area contributed by atoms with Crippen LogP contribution in [-0.2, 0) is 9.59 Å². The summed E-state index contributed by atoms with van der Waals surface area (Å²) >= 11 is 1.12. The van der Waals surface area contributed by atoms with E-state index in [1.165, 1.54) is 9.53 Å². The van der Waals surface area contributed by atoms with Gasteiger partial charge in [-0.1, -0.05) is 11.8 Å². The number of nitrogens with zero attached hydrogens (tertiary/aromatic N) is 6. The second-order valence-corrected chi connectivity index (χ2v) is 7.59. The first-order valence-corrected chi connectivity index (χ1v) is 8.32. The van der Waals surface area contributed by atoms with Crippen LogP contribution in [0.15, 0.2) is 27.8 Å². The van der Waals surface area contributed by atoms with Crippen LogP contribution in [0.2, 0.25) is 0 Å². The first kappa shape index (κ1) is 19.9. The van der Waals surface area contributed by atoms with Gasteiger partial charge in [0.2, 0.25) is 5.91 Å². The Kier molecular flexibility index (Phi) is 5.29. The maximum atomic E-state index is 12.3. The van der Waals surface area contributed by atoms with E-state index in [-0.39, 0.29) is 63.1 Å². The van der Waals surface area contributed by atoms with Crippen LogP contribution in [0.1, 0.15) is 20.3 Å². The molecule has 2 aromatic rings. The van der Waals surface area contributed by atoms with Crippen LogP contribution in [0.5, 0.6) is 0 Å². The van der Waals surface area contributed by atoms with Gasteiger partial charge in [0, 0.05) is 11.3 Å². The summed E-state index contributed by atoms with van der Waals surface area (Å²) < 4.78 is 1.23. The summed E-state index contributed by atoms with van der Waals surface area (Å²) in [5.74, 6) is -2.47. The molecule has 0 aliphatic carbocycles. The van der Waals surface area contributed by atoms with Crippen molar-refractivity contribution in [1.82, 2.24) is 30.2 Å². The van der Waals surface area contributed by atoms with E-state index in [1.54, 1.807) is 26.0 Å². The van der Waals surface area contributed by atoms with Crippen LogP contribution >= 0.6 is 11.8 Å². The topological polar surface area (TPSA) is 137 Å². The van der Waals surface area contributed by atoms with Gasteiger partial charge in [0.25, 0.3) is 0 Å². The molecule has 2 aliphatic rings. The molecule has 12 heteroatoms. The molecule has 4 rings (SSSR count). The van der Waals surface area contributed by atoms with E-state index in [0.29, 0.717) is 22.0 Å². The molecule has 2 atom stereocenters. The number of β-lactam (4-membered cyclic amide) rings is 1. The Labute approximate surface area is 194 Å². The number of amides is 1. The standard InChI is InChI=1S/C14H14N6O4S.K/c1-14(2,24)10-6-5-7(11(13(22)23)19(6)12(10)21)25-9-4-3-8-15-17-18-20(8)16-9;/h3-4,6,10,24H,5H2,1-2H3,(H,22,23);/q;+1/p-1/t6-,10+;/m1./s1. The summed E-state index contributed by atoms with van der Waals surface area (Å²) in [6, 6.07) is 2.93. The van der Waals surface area contributed by atoms with Crippen molar-refractivity contribution < 1.29 is 71.2 Å². The molecular weight excluding hydrogens is 387 g/mol. The molecule has 0 radical (unpaired) electrons. The largest absolute Gasteiger partial charge is 1.00 e. The summed E-state index contributed by atoms with van der Waals surface area (Å²) in [6.07, 6.45) is 0.323. The Morgan fingerprint density at radius 1 is 1.42 bits per heavy atom. The van der Waals surface area contributed by atoms with E-state index in [1.807, 2.05) is 0 Å². The number of carboxylic acid groups (broad SMARTS) is 1. The molecule has 2 aliphatic heterocycles. The summed E-state index contributed by atoms with van der Waals surface area (Å²) in [5, 5.41) is 37.4. The number of carbonyl (C=O) groups excluding carboxylic acids is 2.